The Morgan fingerprint density at radius 3 is 2.86 bits per heavy atom. The van der Waals surface area contributed by atoms with E-state index in [0.29, 0.717) is 17.2 Å². The molecule has 0 N–H and O–H groups in total. The molecule has 4 nitrogen and oxygen atoms in total. The first kappa shape index (κ1) is 13.6. The number of nitrogens with zero attached hydrogens (tertiary/aromatic N) is 1. The molecule has 1 aliphatic heterocycles. The van der Waals surface area contributed by atoms with Crippen molar-refractivity contribution in [1.29, 1.82) is 0 Å². The van der Waals surface area contributed by atoms with Crippen molar-refractivity contribution in [3.8, 4) is 5.75 Å². The summed E-state index contributed by atoms with van der Waals surface area (Å²) in [5.41, 5.74) is 2.41. The molecule has 3 rings (SSSR count). The van der Waals surface area contributed by atoms with Crippen LogP contribution in [-0.2, 0) is 11.3 Å². The normalized spacial score (nSPS) is 13.0. The highest BCUT2D eigenvalue weighted by Gasteiger charge is 2.11. The predicted octanol–water partition coefficient (Wildman–Crippen LogP) is 3.47. The van der Waals surface area contributed by atoms with Crippen LogP contribution in [0.3, 0.4) is 0 Å². The zero-order valence-corrected chi connectivity index (χ0v) is 11.8. The Labute approximate surface area is 126 Å². The first-order valence-corrected chi connectivity index (χ1v) is 6.86. The number of halogens is 1. The molecule has 0 aliphatic carbocycles. The Bertz CT molecular complexity index is 695. The minimum absolute atomic E-state index is 0.402. The van der Waals surface area contributed by atoms with E-state index in [-0.39, 0.29) is 0 Å². The van der Waals surface area contributed by atoms with Gasteiger partial charge in [0.1, 0.15) is 5.75 Å². The van der Waals surface area contributed by atoms with Gasteiger partial charge in [0.15, 0.2) is 0 Å². The molecule has 0 fully saturated rings. The second kappa shape index (κ2) is 5.97. The van der Waals surface area contributed by atoms with E-state index < -0.39 is 5.97 Å². The second-order valence-electron chi connectivity index (χ2n) is 4.59. The van der Waals surface area contributed by atoms with Crippen LogP contribution in [0.25, 0.3) is 0 Å². The fourth-order valence-corrected chi connectivity index (χ4v) is 2.19. The molecule has 1 heterocycles. The molecule has 0 bridgehead atoms. The molecule has 21 heavy (non-hydrogen) atoms. The van der Waals surface area contributed by atoms with E-state index in [2.05, 4.69) is 5.16 Å². The van der Waals surface area contributed by atoms with Crippen molar-refractivity contribution in [2.24, 2.45) is 5.16 Å². The topological polar surface area (TPSA) is 47.9 Å². The Morgan fingerprint density at radius 2 is 2.05 bits per heavy atom. The van der Waals surface area contributed by atoms with Crippen molar-refractivity contribution in [2.75, 3.05) is 6.61 Å². The van der Waals surface area contributed by atoms with E-state index in [1.165, 1.54) is 6.21 Å². The molecule has 0 amide bonds. The van der Waals surface area contributed by atoms with Crippen LogP contribution in [-0.4, -0.2) is 18.8 Å². The van der Waals surface area contributed by atoms with Crippen molar-refractivity contribution in [2.45, 2.75) is 6.42 Å². The molecule has 0 spiro atoms. The Balaban J connectivity index is 1.64. The van der Waals surface area contributed by atoms with E-state index in [9.17, 15) is 4.79 Å². The highest BCUT2D eigenvalue weighted by molar-refractivity contribution is 6.30. The molecule has 0 saturated heterocycles. The number of rotatable bonds is 3. The van der Waals surface area contributed by atoms with Crippen LogP contribution in [0, 0.1) is 0 Å². The molecule has 1 aliphatic rings. The minimum atomic E-state index is -0.521. The molecular formula is C16H12ClNO3. The van der Waals surface area contributed by atoms with E-state index in [4.69, 9.17) is 21.2 Å². The summed E-state index contributed by atoms with van der Waals surface area (Å²) in [5, 5.41) is 4.28. The Morgan fingerprint density at radius 1 is 1.24 bits per heavy atom. The third kappa shape index (κ3) is 3.23. The number of benzene rings is 2. The summed E-state index contributed by atoms with van der Waals surface area (Å²) >= 11 is 5.76. The molecule has 5 heteroatoms. The molecule has 2 aromatic carbocycles. The molecule has 0 radical (unpaired) electrons. The van der Waals surface area contributed by atoms with E-state index in [1.54, 1.807) is 24.3 Å². The van der Waals surface area contributed by atoms with Crippen molar-refractivity contribution >= 4 is 23.8 Å². The molecule has 106 valence electrons. The lowest BCUT2D eigenvalue weighted by Gasteiger charge is -2.00. The van der Waals surface area contributed by atoms with Crippen molar-refractivity contribution in [1.82, 2.24) is 0 Å². The molecule has 0 atom stereocenters. The first-order chi connectivity index (χ1) is 10.2. The standard InChI is InChI=1S/C16H12ClNO3/c17-14-4-2-12(3-5-14)16(19)21-18-10-11-1-6-15-13(9-11)7-8-20-15/h1-6,9-10H,7-8H2/b18-10+. The molecule has 0 saturated carbocycles. The Hall–Kier alpha value is -2.33. The largest absolute Gasteiger partial charge is 0.493 e. The van der Waals surface area contributed by atoms with Gasteiger partial charge >= 0.3 is 5.97 Å². The van der Waals surface area contributed by atoms with Crippen LogP contribution >= 0.6 is 11.6 Å². The van der Waals surface area contributed by atoms with Crippen molar-refractivity contribution < 1.29 is 14.4 Å². The van der Waals surface area contributed by atoms with Gasteiger partial charge in [0.25, 0.3) is 0 Å². The summed E-state index contributed by atoms with van der Waals surface area (Å²) in [6, 6.07) is 12.2. The number of oxime groups is 1. The van der Waals surface area contributed by atoms with Gasteiger partial charge in [-0.25, -0.2) is 4.79 Å². The maximum absolute atomic E-state index is 11.7. The lowest BCUT2D eigenvalue weighted by molar-refractivity contribution is 0.0519. The maximum Gasteiger partial charge on any atom is 0.365 e. The minimum Gasteiger partial charge on any atom is -0.493 e. The zero-order chi connectivity index (χ0) is 14.7. The van der Waals surface area contributed by atoms with E-state index in [0.717, 1.165) is 23.3 Å². The van der Waals surface area contributed by atoms with Crippen LogP contribution < -0.4 is 4.74 Å². The van der Waals surface area contributed by atoms with Crippen LogP contribution in [0.2, 0.25) is 5.02 Å². The van der Waals surface area contributed by atoms with Gasteiger partial charge in [-0.05, 0) is 53.6 Å². The number of hydrogen-bond acceptors (Lipinski definition) is 4. The third-order valence-corrected chi connectivity index (χ3v) is 3.38. The lowest BCUT2D eigenvalue weighted by atomic mass is 10.1. The van der Waals surface area contributed by atoms with E-state index in [1.807, 2.05) is 18.2 Å². The summed E-state index contributed by atoms with van der Waals surface area (Å²) in [5.74, 6) is 0.387. The highest BCUT2D eigenvalue weighted by atomic mass is 35.5. The van der Waals surface area contributed by atoms with Gasteiger partial charge in [-0.15, -0.1) is 0 Å². The third-order valence-electron chi connectivity index (χ3n) is 3.13. The van der Waals surface area contributed by atoms with Crippen molar-refractivity contribution in [3.05, 3.63) is 64.2 Å². The highest BCUT2D eigenvalue weighted by Crippen LogP contribution is 2.25. The van der Waals surface area contributed by atoms with Gasteiger partial charge < -0.3 is 9.57 Å². The first-order valence-electron chi connectivity index (χ1n) is 6.48. The second-order valence-corrected chi connectivity index (χ2v) is 5.02. The molecule has 0 unspecified atom stereocenters. The number of fused-ring (bicyclic) bond motifs is 1. The lowest BCUT2D eigenvalue weighted by Crippen LogP contribution is -2.00. The summed E-state index contributed by atoms with van der Waals surface area (Å²) in [6.07, 6.45) is 2.40. The van der Waals surface area contributed by atoms with Gasteiger partial charge in [0, 0.05) is 11.4 Å². The number of carbonyl (C=O) groups excluding carboxylic acids is 1. The smallest absolute Gasteiger partial charge is 0.365 e. The SMILES string of the molecule is O=C(O/N=C/c1ccc2c(c1)CCO2)c1ccc(Cl)cc1. The predicted molar refractivity (Wildman–Crippen MR) is 80.1 cm³/mol. The van der Waals surface area contributed by atoms with E-state index >= 15 is 0 Å². The quantitative estimate of drug-likeness (QED) is 0.495. The van der Waals surface area contributed by atoms with Gasteiger partial charge in [0.05, 0.1) is 18.4 Å². The number of hydrogen-bond donors (Lipinski definition) is 0. The van der Waals surface area contributed by atoms with Crippen LogP contribution in [0.1, 0.15) is 21.5 Å². The fourth-order valence-electron chi connectivity index (χ4n) is 2.06. The van der Waals surface area contributed by atoms with Gasteiger partial charge in [-0.3, -0.25) is 0 Å². The average Bonchev–Trinajstić information content (AvgIpc) is 2.95. The van der Waals surface area contributed by atoms with Crippen LogP contribution in [0.15, 0.2) is 47.6 Å². The van der Waals surface area contributed by atoms with Crippen molar-refractivity contribution in [3.63, 3.8) is 0 Å². The van der Waals surface area contributed by atoms with Crippen LogP contribution in [0.5, 0.6) is 5.75 Å². The average molecular weight is 302 g/mol. The monoisotopic (exact) mass is 301 g/mol. The van der Waals surface area contributed by atoms with Gasteiger partial charge in [-0.2, -0.15) is 0 Å². The zero-order valence-electron chi connectivity index (χ0n) is 11.1. The van der Waals surface area contributed by atoms with Gasteiger partial charge in [0.2, 0.25) is 0 Å². The molecular weight excluding hydrogens is 290 g/mol. The summed E-state index contributed by atoms with van der Waals surface area (Å²) < 4.78 is 5.42. The molecule has 0 aromatic heterocycles. The number of ether oxygens (including phenoxy) is 1. The van der Waals surface area contributed by atoms with Gasteiger partial charge in [-0.1, -0.05) is 16.8 Å². The van der Waals surface area contributed by atoms with Crippen LogP contribution in [0.4, 0.5) is 0 Å². The summed E-state index contributed by atoms with van der Waals surface area (Å²) in [4.78, 5) is 16.6. The summed E-state index contributed by atoms with van der Waals surface area (Å²) in [6.45, 7) is 0.710. The summed E-state index contributed by atoms with van der Waals surface area (Å²) in [7, 11) is 0. The molecule has 2 aromatic rings. The Kier molecular flexibility index (Phi) is 3.88. The fraction of sp³-hybridized carbons (Fsp3) is 0.125. The maximum atomic E-state index is 11.7. The number of carbonyl (C=O) groups is 1.